The number of carboxylic acids is 1. The van der Waals surface area contributed by atoms with Crippen LogP contribution in [0.2, 0.25) is 0 Å². The van der Waals surface area contributed by atoms with E-state index in [1.165, 1.54) is 0 Å². The second-order valence-electron chi connectivity index (χ2n) is 2.99. The van der Waals surface area contributed by atoms with E-state index < -0.39 is 18.1 Å². The molecule has 0 aromatic carbocycles. The molecule has 0 aromatic rings. The molecule has 1 fully saturated rings. The van der Waals surface area contributed by atoms with Crippen LogP contribution in [0.25, 0.3) is 0 Å². The summed E-state index contributed by atoms with van der Waals surface area (Å²) in [6.45, 7) is 1.04. The Bertz CT molecular complexity index is 174. The Morgan fingerprint density at radius 2 is 2.33 bits per heavy atom. The number of hydrogen-bond donors (Lipinski definition) is 4. The molecule has 12 heavy (non-hydrogen) atoms. The molecule has 0 amide bonds. The Kier molecular flexibility index (Phi) is 3.02. The number of aliphatic hydroxyl groups excluding tert-OH is 1. The fraction of sp³-hybridized carbons (Fsp3) is 0.857. The third-order valence-corrected chi connectivity index (χ3v) is 2.23. The summed E-state index contributed by atoms with van der Waals surface area (Å²) in [5.41, 5.74) is 0. The first-order valence-corrected chi connectivity index (χ1v) is 3.95. The molecule has 4 N–H and O–H groups in total. The molecule has 1 rings (SSSR count). The third-order valence-electron chi connectivity index (χ3n) is 2.23. The number of rotatable bonds is 3. The molecule has 1 saturated heterocycles. The summed E-state index contributed by atoms with van der Waals surface area (Å²) in [6.07, 6.45) is -0.557. The van der Waals surface area contributed by atoms with Gasteiger partial charge in [-0.3, -0.25) is 4.79 Å². The lowest BCUT2D eigenvalue weighted by Crippen LogP contribution is -2.45. The van der Waals surface area contributed by atoms with Crippen LogP contribution in [0.3, 0.4) is 0 Å². The minimum absolute atomic E-state index is 0.229. The number of nitrogens with one attached hydrogen (secondary N) is 2. The zero-order valence-electron chi connectivity index (χ0n) is 6.95. The molecular formula is C7H14N2O3. The highest BCUT2D eigenvalue weighted by Gasteiger charge is 2.35. The summed E-state index contributed by atoms with van der Waals surface area (Å²) >= 11 is 0. The zero-order valence-corrected chi connectivity index (χ0v) is 6.95. The first-order valence-electron chi connectivity index (χ1n) is 3.95. The van der Waals surface area contributed by atoms with Gasteiger partial charge in [0.1, 0.15) is 6.04 Å². The van der Waals surface area contributed by atoms with Crippen LogP contribution in [0.5, 0.6) is 0 Å². The normalized spacial score (nSPS) is 31.8. The van der Waals surface area contributed by atoms with E-state index in [1.807, 2.05) is 0 Å². The number of hydrogen-bond acceptors (Lipinski definition) is 4. The average Bonchev–Trinajstić information content (AvgIpc) is 2.38. The number of likely N-dealkylation sites (N-methyl/N-ethyl adjacent to an activating group) is 1. The SMILES string of the molecule is CN[C@H](C(=O)O)[C@H]1CNC[C@H]1O. The summed E-state index contributed by atoms with van der Waals surface area (Å²) in [6, 6.07) is -0.657. The lowest BCUT2D eigenvalue weighted by molar-refractivity contribution is -0.141. The van der Waals surface area contributed by atoms with Gasteiger partial charge in [-0.1, -0.05) is 0 Å². The van der Waals surface area contributed by atoms with E-state index in [-0.39, 0.29) is 5.92 Å². The standard InChI is InChI=1S/C7H14N2O3/c1-8-6(7(11)12)4-2-9-3-5(4)10/h4-6,8-10H,2-3H2,1H3,(H,11,12)/t4-,5+,6-/m0/s1. The monoisotopic (exact) mass is 174 g/mol. The van der Waals surface area contributed by atoms with Crippen molar-refractivity contribution in [2.75, 3.05) is 20.1 Å². The van der Waals surface area contributed by atoms with Crippen LogP contribution in [0, 0.1) is 5.92 Å². The van der Waals surface area contributed by atoms with Gasteiger partial charge in [0.25, 0.3) is 0 Å². The molecule has 3 atom stereocenters. The lowest BCUT2D eigenvalue weighted by Gasteiger charge is -2.20. The molecule has 0 radical (unpaired) electrons. The fourth-order valence-corrected chi connectivity index (χ4v) is 1.55. The lowest BCUT2D eigenvalue weighted by atomic mass is 9.97. The van der Waals surface area contributed by atoms with Crippen molar-refractivity contribution in [2.24, 2.45) is 5.92 Å². The topological polar surface area (TPSA) is 81.6 Å². The molecule has 0 saturated carbocycles. The zero-order chi connectivity index (χ0) is 9.14. The van der Waals surface area contributed by atoms with E-state index >= 15 is 0 Å². The maximum absolute atomic E-state index is 10.7. The molecule has 0 aromatic heterocycles. The van der Waals surface area contributed by atoms with Crippen molar-refractivity contribution < 1.29 is 15.0 Å². The van der Waals surface area contributed by atoms with Gasteiger partial charge in [-0.2, -0.15) is 0 Å². The van der Waals surface area contributed by atoms with Gasteiger partial charge in [-0.15, -0.1) is 0 Å². The van der Waals surface area contributed by atoms with Gasteiger partial charge in [0.2, 0.25) is 0 Å². The van der Waals surface area contributed by atoms with Gasteiger partial charge in [-0.25, -0.2) is 0 Å². The second kappa shape index (κ2) is 3.84. The number of carboxylic acid groups (broad SMARTS) is 1. The Morgan fingerprint density at radius 1 is 1.67 bits per heavy atom. The van der Waals surface area contributed by atoms with Gasteiger partial charge in [-0.05, 0) is 7.05 Å². The Hall–Kier alpha value is -0.650. The van der Waals surface area contributed by atoms with E-state index in [0.717, 1.165) is 0 Å². The largest absolute Gasteiger partial charge is 0.480 e. The average molecular weight is 174 g/mol. The first kappa shape index (κ1) is 9.44. The van der Waals surface area contributed by atoms with Crippen molar-refractivity contribution in [1.29, 1.82) is 0 Å². The van der Waals surface area contributed by atoms with Crippen molar-refractivity contribution in [3.63, 3.8) is 0 Å². The first-order chi connectivity index (χ1) is 5.66. The van der Waals surface area contributed by atoms with Crippen molar-refractivity contribution >= 4 is 5.97 Å². The highest BCUT2D eigenvalue weighted by molar-refractivity contribution is 5.74. The van der Waals surface area contributed by atoms with Crippen LogP contribution >= 0.6 is 0 Å². The maximum atomic E-state index is 10.7. The molecule has 0 spiro atoms. The van der Waals surface area contributed by atoms with Crippen LogP contribution in [0.15, 0.2) is 0 Å². The predicted molar refractivity (Wildman–Crippen MR) is 42.9 cm³/mol. The second-order valence-corrected chi connectivity index (χ2v) is 2.99. The van der Waals surface area contributed by atoms with Crippen LogP contribution in [-0.2, 0) is 4.79 Å². The van der Waals surface area contributed by atoms with E-state index in [4.69, 9.17) is 5.11 Å². The summed E-state index contributed by atoms with van der Waals surface area (Å²) in [7, 11) is 1.59. The summed E-state index contributed by atoms with van der Waals surface area (Å²) < 4.78 is 0. The minimum atomic E-state index is -0.912. The van der Waals surface area contributed by atoms with Gasteiger partial charge >= 0.3 is 5.97 Å². The number of aliphatic carboxylic acids is 1. The Balaban J connectivity index is 2.58. The molecule has 1 heterocycles. The van der Waals surface area contributed by atoms with E-state index in [2.05, 4.69) is 10.6 Å². The highest BCUT2D eigenvalue weighted by Crippen LogP contribution is 2.13. The van der Waals surface area contributed by atoms with Gasteiger partial charge in [0, 0.05) is 19.0 Å². The molecule has 70 valence electrons. The van der Waals surface area contributed by atoms with Crippen LogP contribution < -0.4 is 10.6 Å². The van der Waals surface area contributed by atoms with Crippen LogP contribution in [0.1, 0.15) is 0 Å². The Morgan fingerprint density at radius 3 is 2.67 bits per heavy atom. The molecule has 5 heteroatoms. The molecule has 0 bridgehead atoms. The number of aliphatic hydroxyl groups is 1. The van der Waals surface area contributed by atoms with Crippen molar-refractivity contribution in [2.45, 2.75) is 12.1 Å². The smallest absolute Gasteiger partial charge is 0.321 e. The molecule has 0 unspecified atom stereocenters. The van der Waals surface area contributed by atoms with Crippen molar-refractivity contribution in [3.8, 4) is 0 Å². The fourth-order valence-electron chi connectivity index (χ4n) is 1.55. The predicted octanol–water partition coefficient (Wildman–Crippen LogP) is -1.76. The molecular weight excluding hydrogens is 160 g/mol. The number of carbonyl (C=O) groups is 1. The highest BCUT2D eigenvalue weighted by atomic mass is 16.4. The number of β-amino-alcohol motifs (C(OH)–C–C–N with tert-alkyl or cyclic N) is 1. The molecule has 5 nitrogen and oxygen atoms in total. The Labute approximate surface area is 70.8 Å². The summed E-state index contributed by atoms with van der Waals surface area (Å²) in [5.74, 6) is -1.14. The molecule has 1 aliphatic heterocycles. The van der Waals surface area contributed by atoms with E-state index in [1.54, 1.807) is 7.05 Å². The van der Waals surface area contributed by atoms with Crippen molar-refractivity contribution in [1.82, 2.24) is 10.6 Å². The van der Waals surface area contributed by atoms with Crippen LogP contribution in [-0.4, -0.2) is 48.5 Å². The van der Waals surface area contributed by atoms with Gasteiger partial charge < -0.3 is 20.8 Å². The van der Waals surface area contributed by atoms with E-state index in [0.29, 0.717) is 13.1 Å². The van der Waals surface area contributed by atoms with Gasteiger partial charge in [0.15, 0.2) is 0 Å². The summed E-state index contributed by atoms with van der Waals surface area (Å²) in [4.78, 5) is 10.7. The van der Waals surface area contributed by atoms with Crippen molar-refractivity contribution in [3.05, 3.63) is 0 Å². The quantitative estimate of drug-likeness (QED) is 0.407. The summed E-state index contributed by atoms with van der Waals surface area (Å²) in [5, 5.41) is 23.7. The molecule has 0 aliphatic carbocycles. The van der Waals surface area contributed by atoms with E-state index in [9.17, 15) is 9.90 Å². The van der Waals surface area contributed by atoms with Crippen LogP contribution in [0.4, 0.5) is 0 Å². The third kappa shape index (κ3) is 1.74. The maximum Gasteiger partial charge on any atom is 0.321 e. The molecule has 1 aliphatic rings. The van der Waals surface area contributed by atoms with Gasteiger partial charge in [0.05, 0.1) is 6.10 Å². The minimum Gasteiger partial charge on any atom is -0.480 e.